The van der Waals surface area contributed by atoms with Crippen LogP contribution in [0.5, 0.6) is 0 Å². The van der Waals surface area contributed by atoms with Crippen molar-refractivity contribution in [1.29, 1.82) is 0 Å². The maximum atomic E-state index is 13.6. The van der Waals surface area contributed by atoms with E-state index in [1.807, 2.05) is 24.3 Å². The topological polar surface area (TPSA) is 55.1 Å². The van der Waals surface area contributed by atoms with Gasteiger partial charge in [-0.25, -0.2) is 8.78 Å². The van der Waals surface area contributed by atoms with Crippen LogP contribution in [-0.4, -0.2) is 5.91 Å². The van der Waals surface area contributed by atoms with Gasteiger partial charge < -0.3 is 11.1 Å². The summed E-state index contributed by atoms with van der Waals surface area (Å²) in [6, 6.07) is 9.69. The Morgan fingerprint density at radius 3 is 2.70 bits per heavy atom. The maximum absolute atomic E-state index is 13.6. The SMILES string of the molecule is Nc1ccc(F)c(F)c1NC(=O)C1Cc2ccccc21. The third kappa shape index (κ3) is 1.91. The molecule has 0 saturated carbocycles. The summed E-state index contributed by atoms with van der Waals surface area (Å²) in [6.07, 6.45) is 0.596. The Hall–Kier alpha value is -2.43. The number of carbonyl (C=O) groups excluding carboxylic acids is 1. The van der Waals surface area contributed by atoms with Crippen LogP contribution in [0.15, 0.2) is 36.4 Å². The van der Waals surface area contributed by atoms with Crippen molar-refractivity contribution in [2.45, 2.75) is 12.3 Å². The van der Waals surface area contributed by atoms with Gasteiger partial charge in [0, 0.05) is 0 Å². The molecular weight excluding hydrogens is 262 g/mol. The summed E-state index contributed by atoms with van der Waals surface area (Å²) in [4.78, 5) is 12.1. The van der Waals surface area contributed by atoms with Crippen molar-refractivity contribution in [3.63, 3.8) is 0 Å². The van der Waals surface area contributed by atoms with Gasteiger partial charge in [-0.3, -0.25) is 4.79 Å². The predicted octanol–water partition coefficient (Wildman–Crippen LogP) is 2.83. The smallest absolute Gasteiger partial charge is 0.232 e. The Kier molecular flexibility index (Phi) is 2.89. The highest BCUT2D eigenvalue weighted by Gasteiger charge is 2.32. The molecule has 1 amide bonds. The van der Waals surface area contributed by atoms with E-state index in [-0.39, 0.29) is 23.2 Å². The molecule has 5 heteroatoms. The van der Waals surface area contributed by atoms with Crippen LogP contribution in [0.2, 0.25) is 0 Å². The molecule has 2 aromatic rings. The second kappa shape index (κ2) is 4.59. The Morgan fingerprint density at radius 1 is 1.20 bits per heavy atom. The summed E-state index contributed by atoms with van der Waals surface area (Å²) < 4.78 is 26.8. The lowest BCUT2D eigenvalue weighted by molar-refractivity contribution is -0.118. The number of hydrogen-bond acceptors (Lipinski definition) is 2. The molecule has 1 aliphatic rings. The van der Waals surface area contributed by atoms with E-state index in [1.165, 1.54) is 6.07 Å². The predicted molar refractivity (Wildman–Crippen MR) is 72.3 cm³/mol. The first-order valence-electron chi connectivity index (χ1n) is 6.20. The highest BCUT2D eigenvalue weighted by Crippen LogP contribution is 2.36. The second-order valence-electron chi connectivity index (χ2n) is 4.77. The van der Waals surface area contributed by atoms with Crippen LogP contribution in [0.1, 0.15) is 17.0 Å². The zero-order chi connectivity index (χ0) is 14.3. The number of hydrogen-bond donors (Lipinski definition) is 2. The van der Waals surface area contributed by atoms with Crippen LogP contribution in [0, 0.1) is 11.6 Å². The fraction of sp³-hybridized carbons (Fsp3) is 0.133. The molecule has 1 atom stereocenters. The summed E-state index contributed by atoms with van der Waals surface area (Å²) in [7, 11) is 0. The molecule has 0 heterocycles. The lowest BCUT2D eigenvalue weighted by atomic mass is 9.77. The van der Waals surface area contributed by atoms with Gasteiger partial charge in [0.25, 0.3) is 0 Å². The highest BCUT2D eigenvalue weighted by atomic mass is 19.2. The van der Waals surface area contributed by atoms with Crippen LogP contribution < -0.4 is 11.1 Å². The van der Waals surface area contributed by atoms with E-state index in [1.54, 1.807) is 0 Å². The van der Waals surface area contributed by atoms with Crippen LogP contribution in [0.25, 0.3) is 0 Å². The molecule has 0 saturated heterocycles. The molecule has 3 nitrogen and oxygen atoms in total. The zero-order valence-electron chi connectivity index (χ0n) is 10.5. The minimum atomic E-state index is -1.13. The van der Waals surface area contributed by atoms with Gasteiger partial charge >= 0.3 is 0 Å². The third-order valence-corrected chi connectivity index (χ3v) is 3.55. The van der Waals surface area contributed by atoms with Gasteiger partial charge in [0.1, 0.15) is 5.69 Å². The fourth-order valence-corrected chi connectivity index (χ4v) is 2.40. The minimum absolute atomic E-state index is 0.00450. The highest BCUT2D eigenvalue weighted by molar-refractivity contribution is 5.99. The molecule has 3 N–H and O–H groups in total. The van der Waals surface area contributed by atoms with Crippen molar-refractivity contribution in [3.05, 3.63) is 59.2 Å². The van der Waals surface area contributed by atoms with Crippen LogP contribution in [-0.2, 0) is 11.2 Å². The van der Waals surface area contributed by atoms with E-state index in [4.69, 9.17) is 5.73 Å². The molecule has 1 unspecified atom stereocenters. The number of benzene rings is 2. The first-order valence-corrected chi connectivity index (χ1v) is 6.20. The van der Waals surface area contributed by atoms with Crippen LogP contribution in [0.4, 0.5) is 20.2 Å². The monoisotopic (exact) mass is 274 g/mol. The van der Waals surface area contributed by atoms with E-state index < -0.39 is 11.6 Å². The normalized spacial score (nSPS) is 16.2. The lowest BCUT2D eigenvalue weighted by Crippen LogP contribution is -2.30. The average Bonchev–Trinajstić information content (AvgIpc) is 2.41. The van der Waals surface area contributed by atoms with Gasteiger partial charge in [-0.15, -0.1) is 0 Å². The number of amides is 1. The lowest BCUT2D eigenvalue weighted by Gasteiger charge is -2.29. The Labute approximate surface area is 114 Å². The van der Waals surface area contributed by atoms with E-state index >= 15 is 0 Å². The molecule has 0 aliphatic heterocycles. The van der Waals surface area contributed by atoms with E-state index in [9.17, 15) is 13.6 Å². The first kappa shape index (κ1) is 12.6. The number of fused-ring (bicyclic) bond motifs is 1. The molecule has 1 aliphatic carbocycles. The van der Waals surface area contributed by atoms with E-state index in [0.29, 0.717) is 6.42 Å². The quantitative estimate of drug-likeness (QED) is 0.827. The standard InChI is InChI=1S/C15H12F2N2O/c16-11-5-6-12(18)14(13(11)17)19-15(20)10-7-8-3-1-2-4-9(8)10/h1-6,10H,7,18H2,(H,19,20). The number of rotatable bonds is 2. The van der Waals surface area contributed by atoms with Crippen molar-refractivity contribution in [2.75, 3.05) is 11.1 Å². The molecule has 3 rings (SSSR count). The molecule has 0 radical (unpaired) electrons. The van der Waals surface area contributed by atoms with Gasteiger partial charge in [-0.2, -0.15) is 0 Å². The van der Waals surface area contributed by atoms with Crippen molar-refractivity contribution >= 4 is 17.3 Å². The Bertz CT molecular complexity index is 700. The molecule has 0 bridgehead atoms. The molecule has 2 aromatic carbocycles. The minimum Gasteiger partial charge on any atom is -0.397 e. The second-order valence-corrected chi connectivity index (χ2v) is 4.77. The van der Waals surface area contributed by atoms with Crippen LogP contribution >= 0.6 is 0 Å². The van der Waals surface area contributed by atoms with Crippen molar-refractivity contribution < 1.29 is 13.6 Å². The number of halogens is 2. The van der Waals surface area contributed by atoms with Gasteiger partial charge in [-0.05, 0) is 29.7 Å². The summed E-state index contributed by atoms with van der Waals surface area (Å²) >= 11 is 0. The van der Waals surface area contributed by atoms with Gasteiger partial charge in [-0.1, -0.05) is 24.3 Å². The maximum Gasteiger partial charge on any atom is 0.232 e. The molecular formula is C15H12F2N2O. The summed E-state index contributed by atoms with van der Waals surface area (Å²) in [5.74, 6) is -2.89. The van der Waals surface area contributed by atoms with Gasteiger partial charge in [0.2, 0.25) is 5.91 Å². The number of anilines is 2. The fourth-order valence-electron chi connectivity index (χ4n) is 2.40. The average molecular weight is 274 g/mol. The van der Waals surface area contributed by atoms with Gasteiger partial charge in [0.05, 0.1) is 11.6 Å². The van der Waals surface area contributed by atoms with E-state index in [0.717, 1.165) is 17.2 Å². The number of nitrogens with two attached hydrogens (primary N) is 1. The largest absolute Gasteiger partial charge is 0.397 e. The van der Waals surface area contributed by atoms with Crippen LogP contribution in [0.3, 0.4) is 0 Å². The van der Waals surface area contributed by atoms with Crippen molar-refractivity contribution in [1.82, 2.24) is 0 Å². The summed E-state index contributed by atoms with van der Waals surface area (Å²) in [5.41, 5.74) is 7.30. The van der Waals surface area contributed by atoms with Crippen molar-refractivity contribution in [2.24, 2.45) is 0 Å². The molecule has 0 fully saturated rings. The van der Waals surface area contributed by atoms with E-state index in [2.05, 4.69) is 5.32 Å². The molecule has 0 aromatic heterocycles. The summed E-state index contributed by atoms with van der Waals surface area (Å²) in [6.45, 7) is 0. The molecule has 20 heavy (non-hydrogen) atoms. The zero-order valence-corrected chi connectivity index (χ0v) is 10.5. The first-order chi connectivity index (χ1) is 9.58. The summed E-state index contributed by atoms with van der Waals surface area (Å²) in [5, 5.41) is 2.38. The van der Waals surface area contributed by atoms with Gasteiger partial charge in [0.15, 0.2) is 11.6 Å². The number of nitrogen functional groups attached to an aromatic ring is 1. The molecule has 0 spiro atoms. The Morgan fingerprint density at radius 2 is 1.95 bits per heavy atom. The number of nitrogens with one attached hydrogen (secondary N) is 1. The Balaban J connectivity index is 1.84. The van der Waals surface area contributed by atoms with Crippen molar-refractivity contribution in [3.8, 4) is 0 Å². The number of carbonyl (C=O) groups is 1. The molecule has 102 valence electrons. The third-order valence-electron chi connectivity index (χ3n) is 3.55.